The number of aromatic amines is 1. The van der Waals surface area contributed by atoms with Crippen molar-refractivity contribution in [3.05, 3.63) is 76.8 Å². The molecular weight excluding hydrogens is 418 g/mol. The SMILES string of the molecule is Cc1csc(-c2ccc(C(=O)N(C)[C@@H](C)c3cc(-c4ccccc4)n[nH]3)c(N(C)C)n2)c1. The maximum Gasteiger partial charge on any atom is 0.257 e. The Morgan fingerprint density at radius 2 is 1.78 bits per heavy atom. The van der Waals surface area contributed by atoms with E-state index in [-0.39, 0.29) is 11.9 Å². The molecule has 7 heteroatoms. The van der Waals surface area contributed by atoms with E-state index < -0.39 is 0 Å². The summed E-state index contributed by atoms with van der Waals surface area (Å²) in [6, 6.07) is 17.7. The fraction of sp³-hybridized carbons (Fsp3) is 0.240. The lowest BCUT2D eigenvalue weighted by Crippen LogP contribution is -2.31. The summed E-state index contributed by atoms with van der Waals surface area (Å²) in [6.07, 6.45) is 0. The molecule has 32 heavy (non-hydrogen) atoms. The van der Waals surface area contributed by atoms with Crippen LogP contribution < -0.4 is 4.90 Å². The van der Waals surface area contributed by atoms with Crippen LogP contribution in [-0.2, 0) is 0 Å². The maximum absolute atomic E-state index is 13.4. The van der Waals surface area contributed by atoms with Gasteiger partial charge in [-0.1, -0.05) is 30.3 Å². The third-order valence-electron chi connectivity index (χ3n) is 5.53. The second-order valence-electron chi connectivity index (χ2n) is 8.12. The Labute approximate surface area is 192 Å². The van der Waals surface area contributed by atoms with E-state index in [0.717, 1.165) is 27.5 Å². The first-order valence-corrected chi connectivity index (χ1v) is 11.3. The number of aryl methyl sites for hydroxylation is 1. The molecule has 1 amide bonds. The molecule has 3 heterocycles. The lowest BCUT2D eigenvalue weighted by Gasteiger charge is -2.26. The predicted molar refractivity (Wildman–Crippen MR) is 131 cm³/mol. The average Bonchev–Trinajstić information content (AvgIpc) is 3.47. The number of aromatic nitrogens is 3. The van der Waals surface area contributed by atoms with Crippen LogP contribution in [0.5, 0.6) is 0 Å². The summed E-state index contributed by atoms with van der Waals surface area (Å²) in [4.78, 5) is 23.0. The summed E-state index contributed by atoms with van der Waals surface area (Å²) in [5.41, 5.74) is 5.43. The molecule has 164 valence electrons. The molecule has 0 spiro atoms. The highest BCUT2D eigenvalue weighted by Gasteiger charge is 2.24. The summed E-state index contributed by atoms with van der Waals surface area (Å²) in [7, 11) is 5.63. The number of carbonyl (C=O) groups is 1. The fourth-order valence-corrected chi connectivity index (χ4v) is 4.41. The zero-order chi connectivity index (χ0) is 22.8. The van der Waals surface area contributed by atoms with Crippen LogP contribution in [0.3, 0.4) is 0 Å². The van der Waals surface area contributed by atoms with Crippen molar-refractivity contribution in [1.82, 2.24) is 20.1 Å². The minimum atomic E-state index is -0.179. The van der Waals surface area contributed by atoms with Gasteiger partial charge in [-0.2, -0.15) is 5.10 Å². The number of carbonyl (C=O) groups excluding carboxylic acids is 1. The number of amides is 1. The van der Waals surface area contributed by atoms with Crippen LogP contribution in [0.1, 0.15) is 34.6 Å². The summed E-state index contributed by atoms with van der Waals surface area (Å²) < 4.78 is 0. The van der Waals surface area contributed by atoms with Crippen LogP contribution in [0.15, 0.2) is 60.0 Å². The molecule has 4 aromatic rings. The molecule has 0 aliphatic carbocycles. The van der Waals surface area contributed by atoms with Gasteiger partial charge in [0.2, 0.25) is 0 Å². The predicted octanol–water partition coefficient (Wildman–Crippen LogP) is 5.41. The van der Waals surface area contributed by atoms with E-state index in [1.54, 1.807) is 16.2 Å². The quantitative estimate of drug-likeness (QED) is 0.431. The Kier molecular flexibility index (Phi) is 6.10. The summed E-state index contributed by atoms with van der Waals surface area (Å²) in [5, 5.41) is 9.63. The van der Waals surface area contributed by atoms with Crippen LogP contribution in [0.25, 0.3) is 21.8 Å². The van der Waals surface area contributed by atoms with Gasteiger partial charge in [-0.3, -0.25) is 9.89 Å². The number of hydrogen-bond donors (Lipinski definition) is 1. The first kappa shape index (κ1) is 21.8. The Bertz CT molecular complexity index is 1230. The van der Waals surface area contributed by atoms with Gasteiger partial charge in [0.15, 0.2) is 0 Å². The molecule has 0 aliphatic rings. The van der Waals surface area contributed by atoms with E-state index in [2.05, 4.69) is 28.6 Å². The Morgan fingerprint density at radius 3 is 2.44 bits per heavy atom. The fourth-order valence-electron chi connectivity index (χ4n) is 3.54. The Morgan fingerprint density at radius 1 is 1.03 bits per heavy atom. The number of nitrogens with one attached hydrogen (secondary N) is 1. The lowest BCUT2D eigenvalue weighted by atomic mass is 10.1. The van der Waals surface area contributed by atoms with Crippen LogP contribution in [0.4, 0.5) is 5.82 Å². The number of anilines is 1. The van der Waals surface area contributed by atoms with Crippen LogP contribution >= 0.6 is 11.3 Å². The van der Waals surface area contributed by atoms with Crippen LogP contribution in [0, 0.1) is 6.92 Å². The number of rotatable bonds is 6. The summed E-state index contributed by atoms with van der Waals surface area (Å²) >= 11 is 1.66. The van der Waals surface area contributed by atoms with E-state index >= 15 is 0 Å². The molecule has 0 saturated heterocycles. The standard InChI is InChI=1S/C25H27N5OS/c1-16-13-23(32-15-16)20-12-11-19(24(26-20)29(3)4)25(31)30(5)17(2)21-14-22(28-27-21)18-9-7-6-8-10-18/h6-15,17H,1-5H3,(H,27,28)/t17-/m0/s1. The summed E-state index contributed by atoms with van der Waals surface area (Å²) in [6.45, 7) is 4.06. The second kappa shape index (κ2) is 8.96. The molecule has 1 aromatic carbocycles. The van der Waals surface area contributed by atoms with Crippen molar-refractivity contribution in [2.24, 2.45) is 0 Å². The molecule has 0 fully saturated rings. The minimum Gasteiger partial charge on any atom is -0.362 e. The molecule has 6 nitrogen and oxygen atoms in total. The molecular formula is C25H27N5OS. The number of pyridine rings is 1. The maximum atomic E-state index is 13.4. The van der Waals surface area contributed by atoms with Crippen molar-refractivity contribution in [1.29, 1.82) is 0 Å². The highest BCUT2D eigenvalue weighted by molar-refractivity contribution is 7.13. The van der Waals surface area contributed by atoms with E-state index in [9.17, 15) is 4.79 Å². The first-order valence-electron chi connectivity index (χ1n) is 10.5. The van der Waals surface area contributed by atoms with Gasteiger partial charge in [-0.15, -0.1) is 11.3 Å². The number of benzene rings is 1. The van der Waals surface area contributed by atoms with E-state index in [4.69, 9.17) is 4.98 Å². The van der Waals surface area contributed by atoms with Crippen molar-refractivity contribution in [2.75, 3.05) is 26.0 Å². The molecule has 3 aromatic heterocycles. The highest BCUT2D eigenvalue weighted by Crippen LogP contribution is 2.30. The van der Waals surface area contributed by atoms with Gasteiger partial charge in [-0.25, -0.2) is 4.98 Å². The van der Waals surface area contributed by atoms with Gasteiger partial charge in [0, 0.05) is 26.7 Å². The topological polar surface area (TPSA) is 65.1 Å². The molecule has 0 bridgehead atoms. The van der Waals surface area contributed by atoms with E-state index in [1.165, 1.54) is 5.56 Å². The van der Waals surface area contributed by atoms with Gasteiger partial charge in [0.25, 0.3) is 5.91 Å². The van der Waals surface area contributed by atoms with Gasteiger partial charge < -0.3 is 9.80 Å². The van der Waals surface area contributed by atoms with Gasteiger partial charge in [0.1, 0.15) is 5.82 Å². The van der Waals surface area contributed by atoms with E-state index in [1.807, 2.05) is 81.5 Å². The zero-order valence-corrected chi connectivity index (χ0v) is 19.8. The molecule has 0 aliphatic heterocycles. The molecule has 0 unspecified atom stereocenters. The smallest absolute Gasteiger partial charge is 0.257 e. The van der Waals surface area contributed by atoms with Crippen LogP contribution in [0.2, 0.25) is 0 Å². The number of hydrogen-bond acceptors (Lipinski definition) is 5. The van der Waals surface area contributed by atoms with Crippen LogP contribution in [-0.4, -0.2) is 47.1 Å². The average molecular weight is 446 g/mol. The molecule has 4 rings (SSSR count). The Balaban J connectivity index is 1.60. The second-order valence-corrected chi connectivity index (χ2v) is 9.03. The summed E-state index contributed by atoms with van der Waals surface area (Å²) in [5.74, 6) is 0.575. The Hall–Kier alpha value is -3.45. The normalized spacial score (nSPS) is 11.9. The lowest BCUT2D eigenvalue weighted by molar-refractivity contribution is 0.0740. The molecule has 1 N–H and O–H groups in total. The number of thiophene rings is 1. The van der Waals surface area contributed by atoms with Gasteiger partial charge >= 0.3 is 0 Å². The molecule has 0 radical (unpaired) electrons. The van der Waals surface area contributed by atoms with Crippen molar-refractivity contribution >= 4 is 23.1 Å². The third kappa shape index (κ3) is 4.29. The number of H-pyrrole nitrogens is 1. The molecule has 1 atom stereocenters. The molecule has 0 saturated carbocycles. The third-order valence-corrected chi connectivity index (χ3v) is 6.60. The van der Waals surface area contributed by atoms with Crippen molar-refractivity contribution < 1.29 is 4.79 Å². The van der Waals surface area contributed by atoms with Crippen molar-refractivity contribution in [3.63, 3.8) is 0 Å². The number of nitrogens with zero attached hydrogens (tertiary/aromatic N) is 4. The van der Waals surface area contributed by atoms with Gasteiger partial charge in [0.05, 0.1) is 33.6 Å². The monoisotopic (exact) mass is 445 g/mol. The van der Waals surface area contributed by atoms with Crippen molar-refractivity contribution in [3.8, 4) is 21.8 Å². The largest absolute Gasteiger partial charge is 0.362 e. The van der Waals surface area contributed by atoms with Crippen molar-refractivity contribution in [2.45, 2.75) is 19.9 Å². The first-order chi connectivity index (χ1) is 15.3. The van der Waals surface area contributed by atoms with Gasteiger partial charge in [-0.05, 0) is 49.1 Å². The highest BCUT2D eigenvalue weighted by atomic mass is 32.1. The minimum absolute atomic E-state index is 0.0847. The van der Waals surface area contributed by atoms with E-state index in [0.29, 0.717) is 11.4 Å². The zero-order valence-electron chi connectivity index (χ0n) is 19.0.